The van der Waals surface area contributed by atoms with Crippen LogP contribution in [0.4, 0.5) is 5.69 Å². The topological polar surface area (TPSA) is 15.3 Å². The lowest BCUT2D eigenvalue weighted by atomic mass is 10.1. The number of aryl methyl sites for hydroxylation is 1. The van der Waals surface area contributed by atoms with E-state index in [0.717, 1.165) is 6.67 Å². The first-order valence-corrected chi connectivity index (χ1v) is 5.57. The fraction of sp³-hybridized carbons (Fsp3) is 0.286. The average Bonchev–Trinajstić information content (AvgIpc) is 2.28. The zero-order chi connectivity index (χ0) is 11.5. The molecule has 0 bridgehead atoms. The highest BCUT2D eigenvalue weighted by Crippen LogP contribution is 2.22. The van der Waals surface area contributed by atoms with E-state index in [4.69, 9.17) is 0 Å². The predicted molar refractivity (Wildman–Crippen MR) is 71.0 cm³/mol. The Balaban J connectivity index is 2.40. The molecule has 0 fully saturated rings. The van der Waals surface area contributed by atoms with Crippen LogP contribution in [0, 0.1) is 6.92 Å². The minimum Gasteiger partial charge on any atom is -0.362 e. The third kappa shape index (κ3) is 2.17. The smallest absolute Gasteiger partial charge is 0.0676 e. The zero-order valence-electron chi connectivity index (χ0n) is 10.1. The number of rotatable bonds is 3. The highest BCUT2D eigenvalue weighted by Gasteiger charge is 2.00. The van der Waals surface area contributed by atoms with E-state index in [1.54, 1.807) is 0 Å². The molecule has 2 rings (SSSR count). The molecule has 16 heavy (non-hydrogen) atoms. The minimum absolute atomic E-state index is 0.859. The van der Waals surface area contributed by atoms with Crippen LogP contribution in [0.25, 0.3) is 10.8 Å². The van der Waals surface area contributed by atoms with Gasteiger partial charge >= 0.3 is 0 Å². The minimum atomic E-state index is 0.859. The van der Waals surface area contributed by atoms with E-state index in [2.05, 4.69) is 60.6 Å². The van der Waals surface area contributed by atoms with Crippen molar-refractivity contribution >= 4 is 16.5 Å². The van der Waals surface area contributed by atoms with E-state index in [9.17, 15) is 0 Å². The van der Waals surface area contributed by atoms with E-state index < -0.39 is 0 Å². The molecule has 0 unspecified atom stereocenters. The normalized spacial score (nSPS) is 10.7. The molecule has 0 aliphatic rings. The molecule has 0 aromatic heterocycles. The molecule has 0 saturated heterocycles. The van der Waals surface area contributed by atoms with Gasteiger partial charge in [0.25, 0.3) is 0 Å². The highest BCUT2D eigenvalue weighted by molar-refractivity contribution is 5.86. The van der Waals surface area contributed by atoms with Crippen molar-refractivity contribution in [1.29, 1.82) is 0 Å². The number of fused-ring (bicyclic) bond motifs is 1. The summed E-state index contributed by atoms with van der Waals surface area (Å²) >= 11 is 0. The van der Waals surface area contributed by atoms with E-state index in [1.165, 1.54) is 22.0 Å². The van der Waals surface area contributed by atoms with E-state index in [1.807, 2.05) is 7.05 Å². The summed E-state index contributed by atoms with van der Waals surface area (Å²) in [7, 11) is 4.05. The van der Waals surface area contributed by atoms with E-state index in [-0.39, 0.29) is 0 Å². The van der Waals surface area contributed by atoms with Crippen LogP contribution in [-0.2, 0) is 0 Å². The van der Waals surface area contributed by atoms with E-state index >= 15 is 0 Å². The molecule has 2 aromatic carbocycles. The number of hydrogen-bond acceptors (Lipinski definition) is 2. The van der Waals surface area contributed by atoms with Crippen LogP contribution < -0.4 is 10.2 Å². The van der Waals surface area contributed by atoms with Crippen LogP contribution in [0.5, 0.6) is 0 Å². The first kappa shape index (κ1) is 11.0. The number of nitrogens with one attached hydrogen (secondary N) is 1. The highest BCUT2D eigenvalue weighted by atomic mass is 15.2. The van der Waals surface area contributed by atoms with E-state index in [0.29, 0.717) is 0 Å². The molecular weight excluding hydrogens is 196 g/mol. The SMILES string of the molecule is CNCN(C)c1ccc2cc(C)ccc2c1. The average molecular weight is 214 g/mol. The molecule has 0 atom stereocenters. The maximum absolute atomic E-state index is 3.15. The molecule has 0 heterocycles. The van der Waals surface area contributed by atoms with Crippen molar-refractivity contribution in [3.05, 3.63) is 42.0 Å². The van der Waals surface area contributed by atoms with Gasteiger partial charge in [0.05, 0.1) is 6.67 Å². The largest absolute Gasteiger partial charge is 0.362 e. The van der Waals surface area contributed by atoms with Gasteiger partial charge in [-0.15, -0.1) is 0 Å². The van der Waals surface area contributed by atoms with Crippen LogP contribution in [0.15, 0.2) is 36.4 Å². The third-order valence-corrected chi connectivity index (χ3v) is 2.82. The van der Waals surface area contributed by atoms with Crippen molar-refractivity contribution in [2.45, 2.75) is 6.92 Å². The number of hydrogen-bond donors (Lipinski definition) is 1. The maximum Gasteiger partial charge on any atom is 0.0676 e. The standard InChI is InChI=1S/C14H18N2/c1-11-4-5-13-9-14(16(3)10-15-2)7-6-12(13)8-11/h4-9,15H,10H2,1-3H3. The molecule has 0 spiro atoms. The molecular formula is C14H18N2. The van der Waals surface area contributed by atoms with Gasteiger partial charge in [0.1, 0.15) is 0 Å². The first-order chi connectivity index (χ1) is 7.70. The number of anilines is 1. The van der Waals surface area contributed by atoms with Gasteiger partial charge in [0.2, 0.25) is 0 Å². The number of benzene rings is 2. The zero-order valence-corrected chi connectivity index (χ0v) is 10.1. The van der Waals surface area contributed by atoms with Crippen molar-refractivity contribution in [3.63, 3.8) is 0 Å². The van der Waals surface area contributed by atoms with Crippen LogP contribution in [0.1, 0.15) is 5.56 Å². The van der Waals surface area contributed by atoms with Crippen LogP contribution in [0.3, 0.4) is 0 Å². The molecule has 0 saturated carbocycles. The Kier molecular flexibility index (Phi) is 3.11. The summed E-state index contributed by atoms with van der Waals surface area (Å²) in [6.07, 6.45) is 0. The fourth-order valence-electron chi connectivity index (χ4n) is 1.92. The van der Waals surface area contributed by atoms with Gasteiger partial charge in [-0.2, -0.15) is 0 Å². The molecule has 0 radical (unpaired) electrons. The van der Waals surface area contributed by atoms with Gasteiger partial charge in [-0.25, -0.2) is 0 Å². The molecule has 2 heteroatoms. The Morgan fingerprint density at radius 2 is 1.75 bits per heavy atom. The summed E-state index contributed by atoms with van der Waals surface area (Å²) in [6.45, 7) is 2.98. The maximum atomic E-state index is 3.15. The molecule has 2 nitrogen and oxygen atoms in total. The molecule has 1 N–H and O–H groups in total. The second-order valence-corrected chi connectivity index (χ2v) is 4.24. The summed E-state index contributed by atoms with van der Waals surface area (Å²) in [5.41, 5.74) is 2.55. The lowest BCUT2D eigenvalue weighted by Crippen LogP contribution is -2.28. The van der Waals surface area contributed by atoms with Gasteiger partial charge in [0.15, 0.2) is 0 Å². The van der Waals surface area contributed by atoms with Crippen molar-refractivity contribution in [2.75, 3.05) is 25.7 Å². The lowest BCUT2D eigenvalue weighted by molar-refractivity contribution is 0.777. The third-order valence-electron chi connectivity index (χ3n) is 2.82. The molecule has 2 aromatic rings. The van der Waals surface area contributed by atoms with Gasteiger partial charge in [-0.05, 0) is 36.9 Å². The summed E-state index contributed by atoms with van der Waals surface area (Å²) in [4.78, 5) is 2.19. The van der Waals surface area contributed by atoms with Crippen LogP contribution in [0.2, 0.25) is 0 Å². The Labute approximate surface area is 96.9 Å². The molecule has 0 aliphatic heterocycles. The monoisotopic (exact) mass is 214 g/mol. The Morgan fingerprint density at radius 3 is 2.50 bits per heavy atom. The summed E-state index contributed by atoms with van der Waals surface area (Å²) in [5.74, 6) is 0. The fourth-order valence-corrected chi connectivity index (χ4v) is 1.92. The first-order valence-electron chi connectivity index (χ1n) is 5.57. The van der Waals surface area contributed by atoms with Crippen LogP contribution in [-0.4, -0.2) is 20.8 Å². The Morgan fingerprint density at radius 1 is 1.06 bits per heavy atom. The van der Waals surface area contributed by atoms with Gasteiger partial charge in [0, 0.05) is 12.7 Å². The van der Waals surface area contributed by atoms with Gasteiger partial charge < -0.3 is 10.2 Å². The molecule has 0 amide bonds. The Bertz CT molecular complexity index is 491. The van der Waals surface area contributed by atoms with Crippen molar-refractivity contribution in [1.82, 2.24) is 5.32 Å². The lowest BCUT2D eigenvalue weighted by Gasteiger charge is -2.19. The molecule has 0 aliphatic carbocycles. The molecule has 84 valence electrons. The Hall–Kier alpha value is -1.54. The van der Waals surface area contributed by atoms with Gasteiger partial charge in [-0.3, -0.25) is 0 Å². The van der Waals surface area contributed by atoms with Crippen molar-refractivity contribution < 1.29 is 0 Å². The second kappa shape index (κ2) is 4.54. The quantitative estimate of drug-likeness (QED) is 0.790. The summed E-state index contributed by atoms with van der Waals surface area (Å²) in [6, 6.07) is 13.1. The van der Waals surface area contributed by atoms with Crippen molar-refractivity contribution in [2.24, 2.45) is 0 Å². The van der Waals surface area contributed by atoms with Crippen molar-refractivity contribution in [3.8, 4) is 0 Å². The summed E-state index contributed by atoms with van der Waals surface area (Å²) < 4.78 is 0. The van der Waals surface area contributed by atoms with Gasteiger partial charge in [-0.1, -0.05) is 29.8 Å². The summed E-state index contributed by atoms with van der Waals surface area (Å²) in [5, 5.41) is 5.75. The number of nitrogens with zero attached hydrogens (tertiary/aromatic N) is 1. The predicted octanol–water partition coefficient (Wildman–Crippen LogP) is 2.76. The van der Waals surface area contributed by atoms with Crippen LogP contribution >= 0.6 is 0 Å². The second-order valence-electron chi connectivity index (χ2n) is 4.24.